The molecule has 1 aromatic heterocycles. The van der Waals surface area contributed by atoms with Crippen LogP contribution in [0.4, 0.5) is 24.7 Å². The van der Waals surface area contributed by atoms with Crippen LogP contribution >= 0.6 is 0 Å². The number of hydrogen-bond acceptors (Lipinski definition) is 8. The summed E-state index contributed by atoms with van der Waals surface area (Å²) in [4.78, 5) is 4.17. The minimum Gasteiger partial charge on any atom is -0.406 e. The molecule has 34 heavy (non-hydrogen) atoms. The van der Waals surface area contributed by atoms with Gasteiger partial charge in [-0.15, -0.1) is 13.2 Å². The van der Waals surface area contributed by atoms with Gasteiger partial charge >= 0.3 is 6.36 Å². The van der Waals surface area contributed by atoms with Crippen LogP contribution in [0.1, 0.15) is 24.2 Å². The van der Waals surface area contributed by atoms with E-state index in [4.69, 9.17) is 5.41 Å². The summed E-state index contributed by atoms with van der Waals surface area (Å²) in [6.07, 6.45) is -4.83. The molecule has 1 fully saturated rings. The first-order chi connectivity index (χ1) is 15.8. The van der Waals surface area contributed by atoms with Crippen LogP contribution in [0.25, 0.3) is 0 Å². The lowest BCUT2D eigenvalue weighted by atomic mass is 9.88. The van der Waals surface area contributed by atoms with Crippen LogP contribution in [0, 0.1) is 11.3 Å². The maximum absolute atomic E-state index is 12.4. The third kappa shape index (κ3) is 5.55. The van der Waals surface area contributed by atoms with E-state index in [1.807, 2.05) is 0 Å². The lowest BCUT2D eigenvalue weighted by Gasteiger charge is -2.39. The molecule has 1 aliphatic rings. The van der Waals surface area contributed by atoms with Crippen molar-refractivity contribution in [3.8, 4) is 5.75 Å². The number of ether oxygens (including phenoxy) is 1. The zero-order valence-corrected chi connectivity index (χ0v) is 18.8. The molecule has 0 unspecified atom stereocenters. The van der Waals surface area contributed by atoms with Gasteiger partial charge in [-0.1, -0.05) is 6.58 Å². The molecule has 3 rings (SSSR count). The molecular formula is C21H23F3N4O5S. The Morgan fingerprint density at radius 3 is 2.47 bits per heavy atom. The van der Waals surface area contributed by atoms with Crippen LogP contribution in [-0.4, -0.2) is 59.7 Å². The number of aliphatic hydroxyl groups is 2. The van der Waals surface area contributed by atoms with E-state index in [-0.39, 0.29) is 40.7 Å². The van der Waals surface area contributed by atoms with Crippen molar-refractivity contribution in [1.29, 1.82) is 5.41 Å². The molecule has 1 atom stereocenters. The summed E-state index contributed by atoms with van der Waals surface area (Å²) >= 11 is 0. The molecule has 0 aliphatic carbocycles. The van der Waals surface area contributed by atoms with E-state index in [9.17, 15) is 31.8 Å². The number of aromatic nitrogens is 1. The largest absolute Gasteiger partial charge is 0.573 e. The summed E-state index contributed by atoms with van der Waals surface area (Å²) in [5.41, 5.74) is 0.676. The molecule has 2 heterocycles. The van der Waals surface area contributed by atoms with Crippen molar-refractivity contribution in [2.75, 3.05) is 25.0 Å². The molecule has 4 N–H and O–H groups in total. The second kappa shape index (κ2) is 9.70. The maximum Gasteiger partial charge on any atom is 0.573 e. The van der Waals surface area contributed by atoms with E-state index in [0.29, 0.717) is 5.69 Å². The first kappa shape index (κ1) is 25.6. The quantitative estimate of drug-likeness (QED) is 0.389. The van der Waals surface area contributed by atoms with E-state index >= 15 is 0 Å². The van der Waals surface area contributed by atoms with E-state index in [1.54, 1.807) is 0 Å². The van der Waals surface area contributed by atoms with Crippen molar-refractivity contribution in [2.45, 2.75) is 19.4 Å². The number of alkyl halides is 3. The summed E-state index contributed by atoms with van der Waals surface area (Å²) in [5.74, 6) is -0.816. The summed E-state index contributed by atoms with van der Waals surface area (Å²) in [6, 6.07) is 6.25. The lowest BCUT2D eigenvalue weighted by molar-refractivity contribution is -0.274. The highest BCUT2D eigenvalue weighted by atomic mass is 32.2. The molecule has 13 heteroatoms. The number of allylic oxidation sites excluding steroid dienone is 1. The highest BCUT2D eigenvalue weighted by Crippen LogP contribution is 2.33. The minimum atomic E-state index is -4.83. The number of anilines is 2. The highest BCUT2D eigenvalue weighted by Gasteiger charge is 2.40. The first-order valence-electron chi connectivity index (χ1n) is 9.98. The molecule has 9 nitrogen and oxygen atoms in total. The molecule has 1 saturated heterocycles. The van der Waals surface area contributed by atoms with Crippen molar-refractivity contribution < 1.29 is 36.5 Å². The molecular weight excluding hydrogens is 477 g/mol. The SMILES string of the molecule is C=C(C)S(=O)(=O)N1CC(C(=N)c2c([C@@H](O)CO)ccnc2Nc2ccc(OC(F)(F)F)cc2)C1. The van der Waals surface area contributed by atoms with Crippen LogP contribution in [-0.2, 0) is 10.0 Å². The number of pyridine rings is 1. The number of halogens is 3. The number of nitrogens with one attached hydrogen (secondary N) is 2. The van der Waals surface area contributed by atoms with Gasteiger partial charge in [0.05, 0.1) is 6.61 Å². The lowest BCUT2D eigenvalue weighted by Crippen LogP contribution is -2.53. The summed E-state index contributed by atoms with van der Waals surface area (Å²) < 4.78 is 66.6. The number of benzene rings is 1. The summed E-state index contributed by atoms with van der Waals surface area (Å²) in [5, 5.41) is 31.3. The van der Waals surface area contributed by atoms with E-state index < -0.39 is 40.8 Å². The molecule has 184 valence electrons. The third-order valence-corrected chi connectivity index (χ3v) is 7.03. The molecule has 1 aliphatic heterocycles. The first-order valence-corrected chi connectivity index (χ1v) is 11.4. The van der Waals surface area contributed by atoms with Crippen molar-refractivity contribution in [1.82, 2.24) is 9.29 Å². The fraction of sp³-hybridized carbons (Fsp3) is 0.333. The highest BCUT2D eigenvalue weighted by molar-refractivity contribution is 7.93. The molecule has 0 radical (unpaired) electrons. The molecule has 0 saturated carbocycles. The molecule has 1 aromatic carbocycles. The van der Waals surface area contributed by atoms with Gasteiger partial charge in [0.25, 0.3) is 0 Å². The van der Waals surface area contributed by atoms with Crippen LogP contribution in [0.5, 0.6) is 5.75 Å². The molecule has 2 aromatic rings. The Balaban J connectivity index is 1.88. The fourth-order valence-corrected chi connectivity index (χ4v) is 4.54. The predicted octanol–water partition coefficient (Wildman–Crippen LogP) is 2.91. The fourth-order valence-electron chi connectivity index (χ4n) is 3.35. The number of sulfonamides is 1. The van der Waals surface area contributed by atoms with Crippen molar-refractivity contribution >= 4 is 27.2 Å². The standard InChI is InChI=1S/C21H23F3N4O5S/c1-12(2)34(31,32)28-9-13(10-28)19(25)18-16(17(30)11-29)7-8-26-20(18)27-14-3-5-15(6-4-14)33-21(22,23)24/h3-8,13,17,25,29-30H,1,9-11H2,2H3,(H,26,27)/t17-/m0/s1. The number of hydrogen-bond donors (Lipinski definition) is 4. The second-order valence-corrected chi connectivity index (χ2v) is 9.82. The van der Waals surface area contributed by atoms with E-state index in [1.165, 1.54) is 35.6 Å². The molecule has 0 spiro atoms. The number of aliphatic hydroxyl groups excluding tert-OH is 2. The Labute approximate surface area is 194 Å². The summed E-state index contributed by atoms with van der Waals surface area (Å²) in [6.45, 7) is 4.26. The van der Waals surface area contributed by atoms with Crippen LogP contribution in [0.15, 0.2) is 48.0 Å². The maximum atomic E-state index is 12.4. The van der Waals surface area contributed by atoms with Crippen molar-refractivity contribution in [3.63, 3.8) is 0 Å². The monoisotopic (exact) mass is 500 g/mol. The van der Waals surface area contributed by atoms with Crippen LogP contribution in [0.2, 0.25) is 0 Å². The van der Waals surface area contributed by atoms with Crippen molar-refractivity contribution in [3.05, 3.63) is 59.1 Å². The Bertz CT molecular complexity index is 1180. The van der Waals surface area contributed by atoms with Crippen LogP contribution in [0.3, 0.4) is 0 Å². The Kier molecular flexibility index (Phi) is 7.31. The average molecular weight is 500 g/mol. The van der Waals surface area contributed by atoms with Gasteiger partial charge in [0.2, 0.25) is 10.0 Å². The van der Waals surface area contributed by atoms with Gasteiger partial charge in [-0.3, -0.25) is 0 Å². The van der Waals surface area contributed by atoms with Gasteiger partial charge in [0, 0.05) is 47.1 Å². The molecule has 0 bridgehead atoms. The van der Waals surface area contributed by atoms with Crippen LogP contribution < -0.4 is 10.1 Å². The molecule has 0 amide bonds. The zero-order valence-electron chi connectivity index (χ0n) is 18.0. The van der Waals surface area contributed by atoms with Gasteiger partial charge in [-0.05, 0) is 42.8 Å². The van der Waals surface area contributed by atoms with Gasteiger partial charge in [-0.25, -0.2) is 13.4 Å². The van der Waals surface area contributed by atoms with Crippen molar-refractivity contribution in [2.24, 2.45) is 5.92 Å². The van der Waals surface area contributed by atoms with Gasteiger partial charge in [-0.2, -0.15) is 4.31 Å². The topological polar surface area (TPSA) is 136 Å². The third-order valence-electron chi connectivity index (χ3n) is 5.17. The van der Waals surface area contributed by atoms with Gasteiger partial charge in [0.15, 0.2) is 0 Å². The Hall–Kier alpha value is -3.00. The van der Waals surface area contributed by atoms with Gasteiger partial charge in [0.1, 0.15) is 17.7 Å². The predicted molar refractivity (Wildman–Crippen MR) is 118 cm³/mol. The van der Waals surface area contributed by atoms with E-state index in [2.05, 4.69) is 21.6 Å². The van der Waals surface area contributed by atoms with E-state index in [0.717, 1.165) is 12.1 Å². The Morgan fingerprint density at radius 2 is 1.94 bits per heavy atom. The normalized spacial score (nSPS) is 15.9. The zero-order chi connectivity index (χ0) is 25.3. The average Bonchev–Trinajstić information content (AvgIpc) is 2.71. The van der Waals surface area contributed by atoms with Gasteiger partial charge < -0.3 is 25.7 Å². The summed E-state index contributed by atoms with van der Waals surface area (Å²) in [7, 11) is -3.67. The smallest absolute Gasteiger partial charge is 0.406 e. The minimum absolute atomic E-state index is 0.0108. The Morgan fingerprint density at radius 1 is 1.32 bits per heavy atom. The number of nitrogens with zero attached hydrogens (tertiary/aromatic N) is 2. The second-order valence-electron chi connectivity index (χ2n) is 7.65. The number of rotatable bonds is 9.